The van der Waals surface area contributed by atoms with Crippen LogP contribution in [0.1, 0.15) is 44.9 Å². The number of carbonyl (C=O) groups excluding carboxylic acids is 1. The van der Waals surface area contributed by atoms with Gasteiger partial charge in [0.25, 0.3) is 0 Å². The zero-order chi connectivity index (χ0) is 12.5. The number of nitrogens with two attached hydrogens (primary N) is 1. The van der Waals surface area contributed by atoms with Crippen molar-refractivity contribution in [3.63, 3.8) is 0 Å². The predicted molar refractivity (Wildman–Crippen MR) is 77.0 cm³/mol. The van der Waals surface area contributed by atoms with Crippen molar-refractivity contribution < 1.29 is 4.79 Å². The van der Waals surface area contributed by atoms with Gasteiger partial charge in [0.05, 0.1) is 5.54 Å². The van der Waals surface area contributed by atoms with Crippen LogP contribution in [0.2, 0.25) is 0 Å². The Labute approximate surface area is 121 Å². The molecule has 0 spiro atoms. The van der Waals surface area contributed by atoms with Crippen molar-refractivity contribution >= 4 is 18.3 Å². The molecule has 0 saturated heterocycles. The number of rotatable bonds is 2. The molecule has 5 fully saturated rings. The smallest absolute Gasteiger partial charge is 0.242 e. The second-order valence-corrected chi connectivity index (χ2v) is 7.49. The minimum absolute atomic E-state index is 0. The molecule has 5 aliphatic carbocycles. The van der Waals surface area contributed by atoms with Crippen LogP contribution in [0.3, 0.4) is 0 Å². The number of hydrogen-bond donors (Lipinski definition) is 1. The topological polar surface area (TPSA) is 46.3 Å². The maximum Gasteiger partial charge on any atom is 0.242 e. The van der Waals surface area contributed by atoms with Gasteiger partial charge in [0.15, 0.2) is 0 Å². The number of amides is 1. The molecule has 0 radical (unpaired) electrons. The van der Waals surface area contributed by atoms with E-state index in [1.165, 1.54) is 32.1 Å². The first-order chi connectivity index (χ1) is 8.57. The minimum atomic E-state index is -0.483. The monoisotopic (exact) mass is 284 g/mol. The molecular weight excluding hydrogens is 260 g/mol. The molecule has 4 bridgehead atoms. The van der Waals surface area contributed by atoms with Gasteiger partial charge in [0.1, 0.15) is 0 Å². The fourth-order valence-corrected chi connectivity index (χ4v) is 5.36. The molecule has 3 nitrogen and oxygen atoms in total. The Morgan fingerprint density at radius 1 is 1.05 bits per heavy atom. The summed E-state index contributed by atoms with van der Waals surface area (Å²) in [5, 5.41) is 0. The summed E-state index contributed by atoms with van der Waals surface area (Å²) in [6.07, 6.45) is 8.73. The van der Waals surface area contributed by atoms with Crippen LogP contribution in [0, 0.1) is 23.7 Å². The van der Waals surface area contributed by atoms with Gasteiger partial charge in [-0.1, -0.05) is 0 Å². The highest BCUT2D eigenvalue weighted by Crippen LogP contribution is 2.55. The zero-order valence-corrected chi connectivity index (χ0v) is 12.5. The number of likely N-dealkylation sites (N-methyl/N-ethyl adjacent to an activating group) is 1. The van der Waals surface area contributed by atoms with Crippen LogP contribution >= 0.6 is 12.4 Å². The Kier molecular flexibility index (Phi) is 3.14. The lowest BCUT2D eigenvalue weighted by Crippen LogP contribution is -2.59. The van der Waals surface area contributed by atoms with Crippen molar-refractivity contribution in [3.05, 3.63) is 0 Å². The van der Waals surface area contributed by atoms with Gasteiger partial charge in [-0.05, 0) is 68.6 Å². The summed E-state index contributed by atoms with van der Waals surface area (Å²) in [7, 11) is 2.02. The second kappa shape index (κ2) is 4.36. The van der Waals surface area contributed by atoms with Crippen molar-refractivity contribution in [2.24, 2.45) is 29.4 Å². The van der Waals surface area contributed by atoms with Crippen molar-refractivity contribution in [1.29, 1.82) is 0 Å². The molecule has 0 aliphatic heterocycles. The molecule has 19 heavy (non-hydrogen) atoms. The Balaban J connectivity index is 0.00000110. The maximum absolute atomic E-state index is 12.5. The van der Waals surface area contributed by atoms with Crippen molar-refractivity contribution in [1.82, 2.24) is 4.90 Å². The number of halogens is 1. The lowest BCUT2D eigenvalue weighted by molar-refractivity contribution is -0.143. The van der Waals surface area contributed by atoms with Gasteiger partial charge in [-0.25, -0.2) is 0 Å². The summed E-state index contributed by atoms with van der Waals surface area (Å²) >= 11 is 0. The van der Waals surface area contributed by atoms with Crippen molar-refractivity contribution in [3.8, 4) is 0 Å². The van der Waals surface area contributed by atoms with Gasteiger partial charge in [0, 0.05) is 13.1 Å². The summed E-state index contributed by atoms with van der Waals surface area (Å²) in [4.78, 5) is 14.5. The first-order valence-corrected chi connectivity index (χ1v) is 7.63. The standard InChI is InChI=1S/C15H24N2O.ClH/c1-17(14(18)15(16)2-3-15)13-11-5-9-4-10(7-11)8-12(13)6-9;/h9-13H,2-8,16H2,1H3;1H. The van der Waals surface area contributed by atoms with E-state index < -0.39 is 5.54 Å². The molecule has 0 unspecified atom stereocenters. The highest BCUT2D eigenvalue weighted by atomic mass is 35.5. The summed E-state index contributed by atoms with van der Waals surface area (Å²) in [6.45, 7) is 0. The number of carbonyl (C=O) groups is 1. The fourth-order valence-electron chi connectivity index (χ4n) is 5.36. The van der Waals surface area contributed by atoms with Crippen LogP contribution in [-0.2, 0) is 4.79 Å². The van der Waals surface area contributed by atoms with Crippen LogP contribution in [-0.4, -0.2) is 29.4 Å². The SMILES string of the molecule is CN(C(=O)C1(N)CC1)C1C2CC3CC(C2)CC1C3.Cl. The molecule has 108 valence electrons. The van der Waals surface area contributed by atoms with Crippen molar-refractivity contribution in [2.75, 3.05) is 7.05 Å². The first-order valence-electron chi connectivity index (χ1n) is 7.63. The molecule has 5 aliphatic rings. The van der Waals surface area contributed by atoms with Gasteiger partial charge in [0.2, 0.25) is 5.91 Å². The maximum atomic E-state index is 12.5. The summed E-state index contributed by atoms with van der Waals surface area (Å²) in [6, 6.07) is 0.506. The van der Waals surface area contributed by atoms with E-state index >= 15 is 0 Å². The first kappa shape index (κ1) is 13.7. The third kappa shape index (κ3) is 2.01. The zero-order valence-electron chi connectivity index (χ0n) is 11.7. The van der Waals surface area contributed by atoms with Crippen LogP contribution in [0.4, 0.5) is 0 Å². The highest BCUT2D eigenvalue weighted by molar-refractivity contribution is 5.89. The van der Waals surface area contributed by atoms with E-state index in [0.717, 1.165) is 36.5 Å². The molecule has 2 N–H and O–H groups in total. The lowest BCUT2D eigenvalue weighted by atomic mass is 9.54. The third-order valence-electron chi connectivity index (χ3n) is 6.16. The molecular formula is C15H25ClN2O. The molecule has 0 heterocycles. The Bertz CT molecular complexity index is 366. The summed E-state index contributed by atoms with van der Waals surface area (Å²) in [5.41, 5.74) is 5.61. The van der Waals surface area contributed by atoms with Gasteiger partial charge in [-0.3, -0.25) is 4.79 Å². The number of nitrogens with zero attached hydrogens (tertiary/aromatic N) is 1. The molecule has 0 aromatic heterocycles. The Morgan fingerprint density at radius 3 is 1.95 bits per heavy atom. The molecule has 4 heteroatoms. The van der Waals surface area contributed by atoms with Crippen LogP contribution in [0.25, 0.3) is 0 Å². The fraction of sp³-hybridized carbons (Fsp3) is 0.933. The molecule has 5 saturated carbocycles. The van der Waals surface area contributed by atoms with Crippen LogP contribution in [0.5, 0.6) is 0 Å². The average Bonchev–Trinajstić information content (AvgIpc) is 3.06. The average molecular weight is 285 g/mol. The van der Waals surface area contributed by atoms with E-state index in [9.17, 15) is 4.79 Å². The van der Waals surface area contributed by atoms with Crippen LogP contribution < -0.4 is 5.73 Å². The van der Waals surface area contributed by atoms with Crippen molar-refractivity contribution in [2.45, 2.75) is 56.5 Å². The summed E-state index contributed by atoms with van der Waals surface area (Å²) in [5.74, 6) is 3.72. The van der Waals surface area contributed by atoms with E-state index in [1.54, 1.807) is 0 Å². The molecule has 1 amide bonds. The highest BCUT2D eigenvalue weighted by Gasteiger charge is 2.54. The van der Waals surface area contributed by atoms with E-state index in [4.69, 9.17) is 5.73 Å². The van der Waals surface area contributed by atoms with Gasteiger partial charge in [-0.15, -0.1) is 12.4 Å². The largest absolute Gasteiger partial charge is 0.341 e. The van der Waals surface area contributed by atoms with Gasteiger partial charge >= 0.3 is 0 Å². The van der Waals surface area contributed by atoms with E-state index in [1.807, 2.05) is 7.05 Å². The quantitative estimate of drug-likeness (QED) is 0.845. The molecule has 0 aromatic rings. The van der Waals surface area contributed by atoms with E-state index in [0.29, 0.717) is 6.04 Å². The minimum Gasteiger partial charge on any atom is -0.341 e. The number of hydrogen-bond acceptors (Lipinski definition) is 2. The molecule has 5 rings (SSSR count). The molecule has 0 aromatic carbocycles. The lowest BCUT2D eigenvalue weighted by Gasteiger charge is -2.56. The predicted octanol–water partition coefficient (Wildman–Crippen LogP) is 2.18. The second-order valence-electron chi connectivity index (χ2n) is 7.49. The normalized spacial score (nSPS) is 44.6. The Hall–Kier alpha value is -0.280. The van der Waals surface area contributed by atoms with Crippen LogP contribution in [0.15, 0.2) is 0 Å². The Morgan fingerprint density at radius 2 is 1.53 bits per heavy atom. The summed E-state index contributed by atoms with van der Waals surface area (Å²) < 4.78 is 0. The third-order valence-corrected chi connectivity index (χ3v) is 6.16. The molecule has 0 atom stereocenters. The van der Waals surface area contributed by atoms with Gasteiger partial charge < -0.3 is 10.6 Å². The van der Waals surface area contributed by atoms with E-state index in [2.05, 4.69) is 4.90 Å². The van der Waals surface area contributed by atoms with E-state index in [-0.39, 0.29) is 18.3 Å². The van der Waals surface area contributed by atoms with Gasteiger partial charge in [-0.2, -0.15) is 0 Å².